The van der Waals surface area contributed by atoms with Gasteiger partial charge in [0.1, 0.15) is 0 Å². The predicted octanol–water partition coefficient (Wildman–Crippen LogP) is 2.10. The van der Waals surface area contributed by atoms with E-state index < -0.39 is 0 Å². The summed E-state index contributed by atoms with van der Waals surface area (Å²) in [5, 5.41) is 3.59. The number of hydrogen-bond acceptors (Lipinski definition) is 3. The molecule has 0 aromatic rings. The van der Waals surface area contributed by atoms with Crippen LogP contribution in [0.5, 0.6) is 0 Å². The topological polar surface area (TPSA) is 30.5 Å². The van der Waals surface area contributed by atoms with Gasteiger partial charge >= 0.3 is 0 Å². The largest absolute Gasteiger partial charge is 0.378 e. The summed E-state index contributed by atoms with van der Waals surface area (Å²) in [5.74, 6) is 0. The summed E-state index contributed by atoms with van der Waals surface area (Å²) in [7, 11) is 0. The molecule has 0 aromatic heterocycles. The third-order valence-corrected chi connectivity index (χ3v) is 3.67. The van der Waals surface area contributed by atoms with Gasteiger partial charge in [0.25, 0.3) is 0 Å². The van der Waals surface area contributed by atoms with Gasteiger partial charge in [-0.1, -0.05) is 0 Å². The second kappa shape index (κ2) is 6.58. The van der Waals surface area contributed by atoms with E-state index >= 15 is 0 Å². The molecule has 16 heavy (non-hydrogen) atoms. The lowest BCUT2D eigenvalue weighted by molar-refractivity contribution is -0.0138. The normalized spacial score (nSPS) is 34.7. The van der Waals surface area contributed by atoms with E-state index in [-0.39, 0.29) is 0 Å². The summed E-state index contributed by atoms with van der Waals surface area (Å²) in [4.78, 5) is 0. The highest BCUT2D eigenvalue weighted by Crippen LogP contribution is 2.23. The van der Waals surface area contributed by atoms with Crippen LogP contribution in [-0.2, 0) is 9.47 Å². The Labute approximate surface area is 98.9 Å². The van der Waals surface area contributed by atoms with E-state index in [1.807, 2.05) is 0 Å². The second-order valence-corrected chi connectivity index (χ2v) is 4.98. The third kappa shape index (κ3) is 3.72. The molecule has 1 N–H and O–H groups in total. The highest BCUT2D eigenvalue weighted by atomic mass is 16.5. The molecule has 0 aromatic carbocycles. The summed E-state index contributed by atoms with van der Waals surface area (Å²) in [6.45, 7) is 5.00. The first-order chi connectivity index (χ1) is 7.88. The lowest BCUT2D eigenvalue weighted by Crippen LogP contribution is -2.46. The Hall–Kier alpha value is -0.120. The van der Waals surface area contributed by atoms with E-state index in [0.29, 0.717) is 18.2 Å². The first-order valence-electron chi connectivity index (χ1n) is 6.85. The van der Waals surface area contributed by atoms with Crippen LogP contribution in [-0.4, -0.2) is 38.0 Å². The first kappa shape index (κ1) is 12.3. The number of hydrogen-bond donors (Lipinski definition) is 1. The van der Waals surface area contributed by atoms with E-state index in [4.69, 9.17) is 9.47 Å². The molecule has 1 unspecified atom stereocenters. The van der Waals surface area contributed by atoms with Crippen LogP contribution in [0.15, 0.2) is 0 Å². The SMILES string of the molecule is CCOC1CC(NCCC2CCCCO2)C1. The molecule has 1 heterocycles. The van der Waals surface area contributed by atoms with Crippen LogP contribution in [0, 0.1) is 0 Å². The maximum absolute atomic E-state index is 5.71. The molecule has 1 saturated heterocycles. The van der Waals surface area contributed by atoms with E-state index in [2.05, 4.69) is 12.2 Å². The summed E-state index contributed by atoms with van der Waals surface area (Å²) in [6.07, 6.45) is 8.46. The number of nitrogens with one attached hydrogen (secondary N) is 1. The van der Waals surface area contributed by atoms with E-state index in [1.54, 1.807) is 0 Å². The second-order valence-electron chi connectivity index (χ2n) is 4.98. The minimum atomic E-state index is 0.518. The van der Waals surface area contributed by atoms with Gasteiger partial charge in [0.05, 0.1) is 12.2 Å². The molecule has 0 bridgehead atoms. The van der Waals surface area contributed by atoms with Crippen LogP contribution in [0.4, 0.5) is 0 Å². The molecule has 0 amide bonds. The van der Waals surface area contributed by atoms with Crippen LogP contribution in [0.25, 0.3) is 0 Å². The minimum absolute atomic E-state index is 0.518. The molecule has 3 heteroatoms. The maximum Gasteiger partial charge on any atom is 0.0604 e. The number of ether oxygens (including phenoxy) is 2. The van der Waals surface area contributed by atoms with Crippen LogP contribution >= 0.6 is 0 Å². The first-order valence-corrected chi connectivity index (χ1v) is 6.85. The fraction of sp³-hybridized carbons (Fsp3) is 1.00. The summed E-state index contributed by atoms with van der Waals surface area (Å²) < 4.78 is 11.2. The van der Waals surface area contributed by atoms with Gasteiger partial charge in [0.2, 0.25) is 0 Å². The molecule has 1 aliphatic heterocycles. The zero-order valence-corrected chi connectivity index (χ0v) is 10.4. The van der Waals surface area contributed by atoms with Crippen molar-refractivity contribution in [3.05, 3.63) is 0 Å². The summed E-state index contributed by atoms with van der Waals surface area (Å²) in [5.41, 5.74) is 0. The maximum atomic E-state index is 5.71. The van der Waals surface area contributed by atoms with Crippen molar-refractivity contribution in [2.24, 2.45) is 0 Å². The average Bonchev–Trinajstić information content (AvgIpc) is 2.27. The fourth-order valence-corrected chi connectivity index (χ4v) is 2.59. The molecule has 3 nitrogen and oxygen atoms in total. The van der Waals surface area contributed by atoms with Crippen LogP contribution < -0.4 is 5.32 Å². The highest BCUT2D eigenvalue weighted by molar-refractivity contribution is 4.86. The molecule has 0 spiro atoms. The Morgan fingerprint density at radius 3 is 2.88 bits per heavy atom. The van der Waals surface area contributed by atoms with E-state index in [9.17, 15) is 0 Å². The zero-order chi connectivity index (χ0) is 11.2. The molecule has 2 aliphatic rings. The Kier molecular flexibility index (Phi) is 5.07. The molecular formula is C13H25NO2. The smallest absolute Gasteiger partial charge is 0.0604 e. The lowest BCUT2D eigenvalue weighted by atomic mass is 9.89. The Bertz CT molecular complexity index is 186. The van der Waals surface area contributed by atoms with Crippen molar-refractivity contribution >= 4 is 0 Å². The zero-order valence-electron chi connectivity index (χ0n) is 10.4. The molecule has 1 aliphatic carbocycles. The van der Waals surface area contributed by atoms with E-state index in [0.717, 1.165) is 19.8 Å². The van der Waals surface area contributed by atoms with Crippen LogP contribution in [0.1, 0.15) is 45.4 Å². The molecule has 1 atom stereocenters. The monoisotopic (exact) mass is 227 g/mol. The molecule has 0 radical (unpaired) electrons. The molecule has 1 saturated carbocycles. The van der Waals surface area contributed by atoms with Crippen molar-refractivity contribution in [2.45, 2.75) is 63.7 Å². The predicted molar refractivity (Wildman–Crippen MR) is 64.6 cm³/mol. The molecule has 2 rings (SSSR count). The number of rotatable bonds is 6. The fourth-order valence-electron chi connectivity index (χ4n) is 2.59. The third-order valence-electron chi connectivity index (χ3n) is 3.67. The van der Waals surface area contributed by atoms with Crippen LogP contribution in [0.3, 0.4) is 0 Å². The van der Waals surface area contributed by atoms with Gasteiger partial charge in [-0.2, -0.15) is 0 Å². The molecular weight excluding hydrogens is 202 g/mol. The van der Waals surface area contributed by atoms with Gasteiger partial charge in [-0.05, 0) is 52.0 Å². The van der Waals surface area contributed by atoms with Crippen molar-refractivity contribution in [1.82, 2.24) is 5.32 Å². The summed E-state index contributed by atoms with van der Waals surface area (Å²) in [6, 6.07) is 0.695. The molecule has 94 valence electrons. The standard InChI is InChI=1S/C13H25NO2/c1-2-15-13-9-11(10-13)14-7-6-12-5-3-4-8-16-12/h11-14H,2-10H2,1H3. The van der Waals surface area contributed by atoms with Gasteiger partial charge in [-0.15, -0.1) is 0 Å². The van der Waals surface area contributed by atoms with Crippen molar-refractivity contribution in [2.75, 3.05) is 19.8 Å². The lowest BCUT2D eigenvalue weighted by Gasteiger charge is -2.36. The van der Waals surface area contributed by atoms with E-state index in [1.165, 1.54) is 38.5 Å². The van der Waals surface area contributed by atoms with Crippen molar-refractivity contribution < 1.29 is 9.47 Å². The average molecular weight is 227 g/mol. The van der Waals surface area contributed by atoms with Gasteiger partial charge in [-0.25, -0.2) is 0 Å². The minimum Gasteiger partial charge on any atom is -0.378 e. The van der Waals surface area contributed by atoms with Crippen molar-refractivity contribution in [3.63, 3.8) is 0 Å². The van der Waals surface area contributed by atoms with Gasteiger partial charge < -0.3 is 14.8 Å². The van der Waals surface area contributed by atoms with Crippen molar-refractivity contribution in [1.29, 1.82) is 0 Å². The summed E-state index contributed by atoms with van der Waals surface area (Å²) >= 11 is 0. The Morgan fingerprint density at radius 2 is 2.19 bits per heavy atom. The van der Waals surface area contributed by atoms with Gasteiger partial charge in [-0.3, -0.25) is 0 Å². The van der Waals surface area contributed by atoms with Gasteiger partial charge in [0, 0.05) is 19.3 Å². The Morgan fingerprint density at radius 1 is 1.31 bits per heavy atom. The molecule has 2 fully saturated rings. The van der Waals surface area contributed by atoms with Crippen molar-refractivity contribution in [3.8, 4) is 0 Å². The van der Waals surface area contributed by atoms with Crippen LogP contribution in [0.2, 0.25) is 0 Å². The van der Waals surface area contributed by atoms with Gasteiger partial charge in [0.15, 0.2) is 0 Å². The quantitative estimate of drug-likeness (QED) is 0.754. The Balaban J connectivity index is 1.46. The highest BCUT2D eigenvalue weighted by Gasteiger charge is 2.28.